The van der Waals surface area contributed by atoms with Crippen LogP contribution in [0.5, 0.6) is 0 Å². The van der Waals surface area contributed by atoms with E-state index in [0.717, 1.165) is 28.4 Å². The number of rotatable bonds is 1. The van der Waals surface area contributed by atoms with Gasteiger partial charge in [-0.15, -0.1) is 0 Å². The largest absolute Gasteiger partial charge is 0.331 e. The van der Waals surface area contributed by atoms with Crippen LogP contribution in [0.3, 0.4) is 0 Å². The van der Waals surface area contributed by atoms with Gasteiger partial charge in [0.1, 0.15) is 0 Å². The van der Waals surface area contributed by atoms with Crippen LogP contribution in [-0.2, 0) is 9.59 Å². The first-order chi connectivity index (χ1) is 11.1. The number of carbonyl (C=O) groups excluding carboxylic acids is 2. The number of carbonyl (C=O) groups is 2. The molecular weight excluding hydrogens is 415 g/mol. The first-order valence-corrected chi connectivity index (χ1v) is 9.55. The molecule has 2 amide bonds. The van der Waals surface area contributed by atoms with Gasteiger partial charge in [0.15, 0.2) is 0 Å². The van der Waals surface area contributed by atoms with Crippen molar-refractivity contribution in [1.29, 1.82) is 0 Å². The van der Waals surface area contributed by atoms with Gasteiger partial charge in [-0.25, -0.2) is 0 Å². The number of nitrogens with one attached hydrogen (secondary N) is 1. The Kier molecular flexibility index (Phi) is 4.43. The molecule has 4 nitrogen and oxygen atoms in total. The first kappa shape index (κ1) is 17.7. The van der Waals surface area contributed by atoms with E-state index in [1.54, 1.807) is 0 Å². The highest BCUT2D eigenvalue weighted by atomic mass is 127. The van der Waals surface area contributed by atoms with Crippen molar-refractivity contribution in [2.45, 2.75) is 53.0 Å². The molecular formula is C19H25IN2O2. The molecule has 1 saturated heterocycles. The number of fused-ring (bicyclic) bond motifs is 2. The fourth-order valence-electron chi connectivity index (χ4n) is 4.77. The second kappa shape index (κ2) is 6.00. The second-order valence-corrected chi connectivity index (χ2v) is 9.81. The first-order valence-electron chi connectivity index (χ1n) is 8.47. The normalized spacial score (nSPS) is 27.9. The zero-order chi connectivity index (χ0) is 17.7. The summed E-state index contributed by atoms with van der Waals surface area (Å²) in [5, 5.41) is 2.79. The zero-order valence-corrected chi connectivity index (χ0v) is 16.9. The number of nitrogens with zero attached hydrogens (tertiary/aromatic N) is 1. The zero-order valence-electron chi connectivity index (χ0n) is 14.8. The van der Waals surface area contributed by atoms with Crippen LogP contribution in [0.2, 0.25) is 0 Å². The molecule has 1 N–H and O–H groups in total. The fraction of sp³-hybridized carbons (Fsp3) is 0.579. The molecule has 2 fully saturated rings. The molecule has 1 aromatic carbocycles. The Morgan fingerprint density at radius 2 is 1.96 bits per heavy atom. The highest BCUT2D eigenvalue weighted by Gasteiger charge is 2.51. The summed E-state index contributed by atoms with van der Waals surface area (Å²) in [6.07, 6.45) is 3.10. The molecule has 2 bridgehead atoms. The maximum absolute atomic E-state index is 12.7. The molecule has 0 spiro atoms. The number of hydrogen-bond donors (Lipinski definition) is 1. The number of benzene rings is 1. The van der Waals surface area contributed by atoms with Gasteiger partial charge < -0.3 is 10.2 Å². The van der Waals surface area contributed by atoms with E-state index >= 15 is 0 Å². The van der Waals surface area contributed by atoms with Gasteiger partial charge in [-0.3, -0.25) is 9.59 Å². The molecule has 1 saturated carbocycles. The number of amides is 2. The van der Waals surface area contributed by atoms with Crippen molar-refractivity contribution in [2.75, 3.05) is 11.9 Å². The molecule has 130 valence electrons. The van der Waals surface area contributed by atoms with Gasteiger partial charge in [0.2, 0.25) is 0 Å². The van der Waals surface area contributed by atoms with E-state index in [0.29, 0.717) is 12.2 Å². The van der Waals surface area contributed by atoms with E-state index in [4.69, 9.17) is 0 Å². The Morgan fingerprint density at radius 3 is 2.62 bits per heavy atom. The minimum atomic E-state index is -0.520. The number of anilines is 1. The van der Waals surface area contributed by atoms with Crippen LogP contribution in [0.15, 0.2) is 18.2 Å². The third-order valence-corrected chi connectivity index (χ3v) is 5.98. The van der Waals surface area contributed by atoms with Gasteiger partial charge in [0.05, 0.1) is 0 Å². The molecule has 0 aromatic heterocycles. The predicted octanol–water partition coefficient (Wildman–Crippen LogP) is 3.97. The summed E-state index contributed by atoms with van der Waals surface area (Å²) >= 11 is 2.23. The standard InChI is InChI=1S/C19H25IN2O2/c1-12-7-13(20)5-6-15(12)21-16(23)17(24)22-11-19(4)9-14(22)8-18(2,3)10-19/h5-7,14H,8-11H2,1-4H3,(H,21,23). The minimum absolute atomic E-state index is 0.140. The molecule has 5 heteroatoms. The number of aryl methyl sites for hydroxylation is 1. The lowest BCUT2D eigenvalue weighted by Gasteiger charge is -2.39. The molecule has 24 heavy (non-hydrogen) atoms. The van der Waals surface area contributed by atoms with Crippen molar-refractivity contribution in [3.63, 3.8) is 0 Å². The monoisotopic (exact) mass is 440 g/mol. The minimum Gasteiger partial charge on any atom is -0.331 e. The van der Waals surface area contributed by atoms with Gasteiger partial charge in [-0.05, 0) is 83.4 Å². The van der Waals surface area contributed by atoms with Crippen LogP contribution in [0.25, 0.3) is 0 Å². The van der Waals surface area contributed by atoms with Crippen LogP contribution >= 0.6 is 22.6 Å². The summed E-state index contributed by atoms with van der Waals surface area (Å²) in [5.41, 5.74) is 2.05. The summed E-state index contributed by atoms with van der Waals surface area (Å²) < 4.78 is 1.11. The topological polar surface area (TPSA) is 49.4 Å². The van der Waals surface area contributed by atoms with Crippen molar-refractivity contribution in [3.05, 3.63) is 27.3 Å². The summed E-state index contributed by atoms with van der Waals surface area (Å²) in [7, 11) is 0. The highest BCUT2D eigenvalue weighted by Crippen LogP contribution is 2.52. The van der Waals surface area contributed by atoms with Crippen LogP contribution in [-0.4, -0.2) is 29.3 Å². The van der Waals surface area contributed by atoms with Crippen molar-refractivity contribution < 1.29 is 9.59 Å². The van der Waals surface area contributed by atoms with E-state index in [1.807, 2.05) is 30.0 Å². The van der Waals surface area contributed by atoms with Crippen molar-refractivity contribution in [3.8, 4) is 0 Å². The van der Waals surface area contributed by atoms with E-state index < -0.39 is 5.91 Å². The maximum Gasteiger partial charge on any atom is 0.313 e. The molecule has 3 rings (SSSR count). The van der Waals surface area contributed by atoms with E-state index in [1.165, 1.54) is 0 Å². The van der Waals surface area contributed by atoms with Gasteiger partial charge in [0.25, 0.3) is 0 Å². The van der Waals surface area contributed by atoms with Gasteiger partial charge in [-0.1, -0.05) is 20.8 Å². The summed E-state index contributed by atoms with van der Waals surface area (Å²) in [6.45, 7) is 9.41. The third kappa shape index (κ3) is 3.46. The number of hydrogen-bond acceptors (Lipinski definition) is 2. The molecule has 2 unspecified atom stereocenters. The van der Waals surface area contributed by atoms with Crippen LogP contribution in [0, 0.1) is 21.3 Å². The molecule has 1 aliphatic heterocycles. The summed E-state index contributed by atoms with van der Waals surface area (Å²) in [6, 6.07) is 5.97. The lowest BCUT2D eigenvalue weighted by atomic mass is 9.65. The molecule has 1 aliphatic carbocycles. The number of halogens is 1. The maximum atomic E-state index is 12.7. The third-order valence-electron chi connectivity index (χ3n) is 5.31. The summed E-state index contributed by atoms with van der Waals surface area (Å²) in [4.78, 5) is 27.0. The molecule has 2 atom stereocenters. The predicted molar refractivity (Wildman–Crippen MR) is 104 cm³/mol. The average Bonchev–Trinajstić information content (AvgIpc) is 2.70. The molecule has 1 heterocycles. The van der Waals surface area contributed by atoms with Gasteiger partial charge >= 0.3 is 11.8 Å². The SMILES string of the molecule is Cc1cc(I)ccc1NC(=O)C(=O)N1CC2(C)CC1CC(C)(C)C2. The lowest BCUT2D eigenvalue weighted by Crippen LogP contribution is -2.43. The van der Waals surface area contributed by atoms with E-state index in [-0.39, 0.29) is 22.8 Å². The Bertz CT molecular complexity index is 701. The highest BCUT2D eigenvalue weighted by molar-refractivity contribution is 14.1. The summed E-state index contributed by atoms with van der Waals surface area (Å²) in [5.74, 6) is -0.910. The van der Waals surface area contributed by atoms with E-state index in [2.05, 4.69) is 48.7 Å². The Balaban J connectivity index is 1.74. The second-order valence-electron chi connectivity index (χ2n) is 8.56. The molecule has 0 radical (unpaired) electrons. The van der Waals surface area contributed by atoms with Crippen LogP contribution in [0.1, 0.15) is 45.6 Å². The van der Waals surface area contributed by atoms with E-state index in [9.17, 15) is 9.59 Å². The Labute approximate surface area is 157 Å². The van der Waals surface area contributed by atoms with Crippen LogP contribution in [0.4, 0.5) is 5.69 Å². The van der Waals surface area contributed by atoms with Crippen molar-refractivity contribution in [2.24, 2.45) is 10.8 Å². The quantitative estimate of drug-likeness (QED) is 0.531. The Morgan fingerprint density at radius 1 is 1.25 bits per heavy atom. The Hall–Kier alpha value is -1.11. The molecule has 1 aromatic rings. The smallest absolute Gasteiger partial charge is 0.313 e. The fourth-order valence-corrected chi connectivity index (χ4v) is 5.42. The number of likely N-dealkylation sites (tertiary alicyclic amines) is 1. The lowest BCUT2D eigenvalue weighted by molar-refractivity contribution is -0.144. The average molecular weight is 440 g/mol. The molecule has 2 aliphatic rings. The van der Waals surface area contributed by atoms with Crippen LogP contribution < -0.4 is 5.32 Å². The van der Waals surface area contributed by atoms with Gasteiger partial charge in [-0.2, -0.15) is 0 Å². The van der Waals surface area contributed by atoms with Crippen molar-refractivity contribution >= 4 is 40.1 Å². The van der Waals surface area contributed by atoms with Crippen molar-refractivity contribution in [1.82, 2.24) is 4.90 Å². The van der Waals surface area contributed by atoms with Gasteiger partial charge in [0, 0.05) is 21.8 Å².